The van der Waals surface area contributed by atoms with Crippen LogP contribution < -0.4 is 10.5 Å². The fourth-order valence-electron chi connectivity index (χ4n) is 3.21. The molecule has 1 aliphatic rings. The van der Waals surface area contributed by atoms with Crippen LogP contribution in [0, 0.1) is 0 Å². The molecule has 1 unspecified atom stereocenters. The van der Waals surface area contributed by atoms with Crippen LogP contribution in [-0.4, -0.2) is 21.5 Å². The third kappa shape index (κ3) is 4.55. The van der Waals surface area contributed by atoms with E-state index in [4.69, 9.17) is 17.3 Å². The van der Waals surface area contributed by atoms with Crippen LogP contribution in [-0.2, 0) is 21.2 Å². The van der Waals surface area contributed by atoms with E-state index in [1.165, 1.54) is 25.3 Å². The highest BCUT2D eigenvalue weighted by atomic mass is 35.5. The number of methoxy groups -OCH3 is 1. The molecule has 9 heteroatoms. The van der Waals surface area contributed by atoms with Gasteiger partial charge in [-0.25, -0.2) is 17.9 Å². The highest BCUT2D eigenvalue weighted by Gasteiger charge is 2.29. The molecular weight excluding hydrogens is 411 g/mol. The Morgan fingerprint density at radius 3 is 2.70 bits per heavy atom. The number of hydrogen-bond donors (Lipinski definition) is 2. The number of carbonyl (C=O) groups is 1. The highest BCUT2D eigenvalue weighted by molar-refractivity contribution is 7.89. The Labute approximate surface area is 169 Å². The number of nitrogen functional groups attached to an aromatic ring is 1. The van der Waals surface area contributed by atoms with Crippen LogP contribution in [0.4, 0.5) is 5.69 Å². The minimum absolute atomic E-state index is 0. The average Bonchev–Trinajstić information content (AvgIpc) is 2.60. The predicted molar refractivity (Wildman–Crippen MR) is 107 cm³/mol. The van der Waals surface area contributed by atoms with Gasteiger partial charge in [-0.15, -0.1) is 12.4 Å². The number of halogens is 2. The summed E-state index contributed by atoms with van der Waals surface area (Å²) in [4.78, 5) is 11.8. The second kappa shape index (κ2) is 8.48. The molecule has 0 aromatic heterocycles. The molecule has 0 amide bonds. The van der Waals surface area contributed by atoms with Crippen molar-refractivity contribution in [2.24, 2.45) is 0 Å². The second-order valence-electron chi connectivity index (χ2n) is 6.16. The number of fused-ring (bicyclic) bond motifs is 1. The largest absolute Gasteiger partial charge is 0.465 e. The van der Waals surface area contributed by atoms with E-state index < -0.39 is 16.0 Å². The fraction of sp³-hybridized carbons (Fsp3) is 0.278. The molecule has 0 saturated carbocycles. The third-order valence-corrected chi connectivity index (χ3v) is 6.18. The first-order valence-corrected chi connectivity index (χ1v) is 9.96. The molecule has 2 aromatic rings. The molecule has 0 radical (unpaired) electrons. The van der Waals surface area contributed by atoms with Crippen molar-refractivity contribution >= 4 is 45.7 Å². The number of anilines is 1. The molecule has 27 heavy (non-hydrogen) atoms. The van der Waals surface area contributed by atoms with Crippen molar-refractivity contribution < 1.29 is 17.9 Å². The molecule has 1 atom stereocenters. The maximum Gasteiger partial charge on any atom is 0.339 e. The molecule has 146 valence electrons. The number of nitrogens with two attached hydrogens (primary N) is 1. The Balaban J connectivity index is 0.00000261. The molecule has 2 aromatic carbocycles. The van der Waals surface area contributed by atoms with E-state index in [-0.39, 0.29) is 33.9 Å². The van der Waals surface area contributed by atoms with Gasteiger partial charge in [-0.05, 0) is 60.7 Å². The van der Waals surface area contributed by atoms with Crippen LogP contribution in [0.2, 0.25) is 5.02 Å². The lowest BCUT2D eigenvalue weighted by atomic mass is 9.88. The molecule has 0 fully saturated rings. The molecule has 0 bridgehead atoms. The number of esters is 1. The van der Waals surface area contributed by atoms with Gasteiger partial charge in [-0.2, -0.15) is 0 Å². The monoisotopic (exact) mass is 430 g/mol. The van der Waals surface area contributed by atoms with Gasteiger partial charge >= 0.3 is 5.97 Å². The van der Waals surface area contributed by atoms with Crippen LogP contribution in [0.5, 0.6) is 0 Å². The average molecular weight is 431 g/mol. The van der Waals surface area contributed by atoms with E-state index in [9.17, 15) is 13.2 Å². The Bertz CT molecular complexity index is 964. The van der Waals surface area contributed by atoms with E-state index >= 15 is 0 Å². The summed E-state index contributed by atoms with van der Waals surface area (Å²) in [6, 6.07) is 9.12. The zero-order chi connectivity index (χ0) is 18.9. The minimum Gasteiger partial charge on any atom is -0.465 e. The third-order valence-electron chi connectivity index (χ3n) is 4.42. The Morgan fingerprint density at radius 2 is 2.00 bits per heavy atom. The molecule has 0 aliphatic heterocycles. The van der Waals surface area contributed by atoms with E-state index in [1.807, 2.05) is 12.1 Å². The molecule has 6 nitrogen and oxygen atoms in total. The summed E-state index contributed by atoms with van der Waals surface area (Å²) in [5.74, 6) is -0.760. The minimum atomic E-state index is -3.96. The van der Waals surface area contributed by atoms with Crippen LogP contribution >= 0.6 is 24.0 Å². The number of sulfonamides is 1. The van der Waals surface area contributed by atoms with Gasteiger partial charge in [0, 0.05) is 16.8 Å². The summed E-state index contributed by atoms with van der Waals surface area (Å²) in [7, 11) is -2.77. The van der Waals surface area contributed by atoms with Crippen LogP contribution in [0.25, 0.3) is 0 Å². The van der Waals surface area contributed by atoms with Gasteiger partial charge in [-0.1, -0.05) is 17.7 Å². The quantitative estimate of drug-likeness (QED) is 0.571. The van der Waals surface area contributed by atoms with Gasteiger partial charge < -0.3 is 10.5 Å². The molecule has 3 N–H and O–H groups in total. The van der Waals surface area contributed by atoms with Gasteiger partial charge in [-0.3, -0.25) is 0 Å². The first-order valence-electron chi connectivity index (χ1n) is 8.10. The van der Waals surface area contributed by atoms with Crippen LogP contribution in [0.15, 0.2) is 41.3 Å². The summed E-state index contributed by atoms with van der Waals surface area (Å²) in [6.45, 7) is 0. The van der Waals surface area contributed by atoms with Gasteiger partial charge in [0.25, 0.3) is 0 Å². The summed E-state index contributed by atoms with van der Waals surface area (Å²) >= 11 is 5.91. The standard InChI is InChI=1S/C18H19ClN2O4S.ClH/c1-25-18(22)15-10-12(19)5-8-17(15)26(23,24)21-16-4-2-3-11-9-13(20)6-7-14(11)16;/h5-10,16,21H,2-4,20H2,1H3;1H. The summed E-state index contributed by atoms with van der Waals surface area (Å²) in [5.41, 5.74) is 8.32. The predicted octanol–water partition coefficient (Wildman–Crippen LogP) is 3.49. The Hall–Kier alpha value is -1.80. The van der Waals surface area contributed by atoms with Crippen molar-refractivity contribution in [2.75, 3.05) is 12.8 Å². The number of carbonyl (C=O) groups excluding carboxylic acids is 1. The number of nitrogens with one attached hydrogen (secondary N) is 1. The van der Waals surface area contributed by atoms with Crippen molar-refractivity contribution in [1.29, 1.82) is 0 Å². The van der Waals surface area contributed by atoms with E-state index in [2.05, 4.69) is 9.46 Å². The zero-order valence-corrected chi connectivity index (χ0v) is 17.0. The van der Waals surface area contributed by atoms with Crippen molar-refractivity contribution in [3.05, 3.63) is 58.1 Å². The van der Waals surface area contributed by atoms with Crippen molar-refractivity contribution in [2.45, 2.75) is 30.2 Å². The van der Waals surface area contributed by atoms with Crippen LogP contribution in [0.1, 0.15) is 40.4 Å². The normalized spacial score (nSPS) is 16.1. The van der Waals surface area contributed by atoms with Crippen molar-refractivity contribution in [3.63, 3.8) is 0 Å². The maximum atomic E-state index is 12.9. The van der Waals surface area contributed by atoms with E-state index in [0.717, 1.165) is 24.0 Å². The fourth-order valence-corrected chi connectivity index (χ4v) is 4.81. The Morgan fingerprint density at radius 1 is 1.26 bits per heavy atom. The molecule has 0 heterocycles. The lowest BCUT2D eigenvalue weighted by Crippen LogP contribution is -2.32. The van der Waals surface area contributed by atoms with Crippen molar-refractivity contribution in [1.82, 2.24) is 4.72 Å². The number of aryl methyl sites for hydroxylation is 1. The topological polar surface area (TPSA) is 98.5 Å². The highest BCUT2D eigenvalue weighted by Crippen LogP contribution is 2.33. The smallest absolute Gasteiger partial charge is 0.339 e. The molecular formula is C18H20Cl2N2O4S. The second-order valence-corrected chi connectivity index (χ2v) is 8.28. The SMILES string of the molecule is COC(=O)c1cc(Cl)ccc1S(=O)(=O)NC1CCCc2cc(N)ccc21.Cl. The molecule has 3 rings (SSSR count). The van der Waals surface area contributed by atoms with E-state index in [1.54, 1.807) is 6.07 Å². The van der Waals surface area contributed by atoms with E-state index in [0.29, 0.717) is 12.1 Å². The van der Waals surface area contributed by atoms with Gasteiger partial charge in [0.2, 0.25) is 10.0 Å². The van der Waals surface area contributed by atoms with Gasteiger partial charge in [0.15, 0.2) is 0 Å². The summed E-state index contributed by atoms with van der Waals surface area (Å²) in [5, 5.41) is 0.253. The number of benzene rings is 2. The van der Waals surface area contributed by atoms with Gasteiger partial charge in [0.1, 0.15) is 0 Å². The lowest BCUT2D eigenvalue weighted by molar-refractivity contribution is 0.0596. The van der Waals surface area contributed by atoms with Crippen molar-refractivity contribution in [3.8, 4) is 0 Å². The molecule has 1 aliphatic carbocycles. The molecule has 0 spiro atoms. The Kier molecular flexibility index (Phi) is 6.75. The van der Waals surface area contributed by atoms with Crippen LogP contribution in [0.3, 0.4) is 0 Å². The summed E-state index contributed by atoms with van der Waals surface area (Å²) < 4.78 is 33.3. The maximum absolute atomic E-state index is 12.9. The number of hydrogen-bond acceptors (Lipinski definition) is 5. The zero-order valence-electron chi connectivity index (χ0n) is 14.6. The first-order chi connectivity index (χ1) is 12.3. The molecule has 0 saturated heterocycles. The first kappa shape index (κ1) is 21.5. The van der Waals surface area contributed by atoms with Gasteiger partial charge in [0.05, 0.1) is 17.6 Å². The number of rotatable bonds is 4. The number of ether oxygens (including phenoxy) is 1. The summed E-state index contributed by atoms with van der Waals surface area (Å²) in [6.07, 6.45) is 2.36. The lowest BCUT2D eigenvalue weighted by Gasteiger charge is -2.26.